The number of benzene rings is 4. The Kier molecular flexibility index (Phi) is 10.6. The summed E-state index contributed by atoms with van der Waals surface area (Å²) in [6.07, 6.45) is 6.19. The van der Waals surface area contributed by atoms with E-state index in [0.717, 1.165) is 52.4 Å². The predicted octanol–water partition coefficient (Wildman–Crippen LogP) is 8.06. The molecule has 1 atom stereocenters. The highest BCUT2D eigenvalue weighted by molar-refractivity contribution is 9.10. The maximum absolute atomic E-state index is 14.6. The van der Waals surface area contributed by atoms with Crippen LogP contribution in [0, 0.1) is 0 Å². The van der Waals surface area contributed by atoms with Crippen LogP contribution in [0.2, 0.25) is 0 Å². The number of carbonyl (C=O) groups is 2. The van der Waals surface area contributed by atoms with Crippen molar-refractivity contribution >= 4 is 27.7 Å². The number of amides is 2. The number of nitrogens with one attached hydrogen (secondary N) is 1. The number of hydrogen-bond acceptors (Lipinski definition) is 2. The second kappa shape index (κ2) is 15.0. The number of halogens is 1. The first kappa shape index (κ1) is 29.8. The lowest BCUT2D eigenvalue weighted by molar-refractivity contribution is -0.141. The van der Waals surface area contributed by atoms with E-state index in [2.05, 4.69) is 45.5 Å². The van der Waals surface area contributed by atoms with E-state index >= 15 is 0 Å². The minimum atomic E-state index is -0.631. The molecule has 5 rings (SSSR count). The van der Waals surface area contributed by atoms with Crippen LogP contribution in [0.25, 0.3) is 0 Å². The first-order chi connectivity index (χ1) is 20.6. The molecule has 0 unspecified atom stereocenters. The predicted molar refractivity (Wildman–Crippen MR) is 173 cm³/mol. The van der Waals surface area contributed by atoms with Gasteiger partial charge in [0.05, 0.1) is 0 Å². The van der Waals surface area contributed by atoms with Crippen molar-refractivity contribution in [1.29, 1.82) is 0 Å². The topological polar surface area (TPSA) is 49.4 Å². The Morgan fingerprint density at radius 2 is 1.31 bits per heavy atom. The number of rotatable bonds is 11. The van der Waals surface area contributed by atoms with Crippen molar-refractivity contribution in [2.24, 2.45) is 0 Å². The summed E-state index contributed by atoms with van der Waals surface area (Å²) in [5.41, 5.74) is 4.20. The normalized spacial score (nSPS) is 14.3. The van der Waals surface area contributed by atoms with Crippen molar-refractivity contribution < 1.29 is 9.59 Å². The van der Waals surface area contributed by atoms with E-state index in [4.69, 9.17) is 0 Å². The molecule has 1 N–H and O–H groups in total. The molecule has 0 aliphatic heterocycles. The first-order valence-electron chi connectivity index (χ1n) is 15.0. The van der Waals surface area contributed by atoms with Crippen molar-refractivity contribution in [3.05, 3.63) is 142 Å². The van der Waals surface area contributed by atoms with Crippen molar-refractivity contribution in [3.8, 4) is 0 Å². The van der Waals surface area contributed by atoms with E-state index in [9.17, 15) is 9.59 Å². The summed E-state index contributed by atoms with van der Waals surface area (Å²) in [5, 5.41) is 3.35. The van der Waals surface area contributed by atoms with Crippen LogP contribution in [-0.4, -0.2) is 28.8 Å². The average molecular weight is 624 g/mol. The van der Waals surface area contributed by atoms with Crippen LogP contribution in [0.1, 0.15) is 66.7 Å². The average Bonchev–Trinajstić information content (AvgIpc) is 3.03. The Labute approximate surface area is 258 Å². The van der Waals surface area contributed by atoms with Gasteiger partial charge >= 0.3 is 0 Å². The summed E-state index contributed by atoms with van der Waals surface area (Å²) in [6, 6.07) is 38.0. The van der Waals surface area contributed by atoms with Crippen molar-refractivity contribution in [3.63, 3.8) is 0 Å². The van der Waals surface area contributed by atoms with Crippen molar-refractivity contribution in [1.82, 2.24) is 10.2 Å². The lowest BCUT2D eigenvalue weighted by atomic mass is 9.87. The van der Waals surface area contributed by atoms with Gasteiger partial charge in [0.2, 0.25) is 11.8 Å². The minimum Gasteiger partial charge on any atom is -0.352 e. The fourth-order valence-corrected chi connectivity index (χ4v) is 6.47. The third kappa shape index (κ3) is 8.19. The molecule has 1 aliphatic rings. The molecule has 4 aromatic rings. The molecular formula is C37H39BrN2O2. The molecule has 4 aromatic carbocycles. The third-order valence-corrected chi connectivity index (χ3v) is 8.74. The zero-order valence-corrected chi connectivity index (χ0v) is 25.6. The molecule has 216 valence electrons. The van der Waals surface area contributed by atoms with Gasteiger partial charge in [-0.15, -0.1) is 0 Å². The van der Waals surface area contributed by atoms with Gasteiger partial charge in [0.25, 0.3) is 0 Å². The van der Waals surface area contributed by atoms with Crippen LogP contribution in [0.15, 0.2) is 120 Å². The lowest BCUT2D eigenvalue weighted by Crippen LogP contribution is -2.53. The highest BCUT2D eigenvalue weighted by atomic mass is 79.9. The summed E-state index contributed by atoms with van der Waals surface area (Å²) in [6.45, 7) is 0.351. The summed E-state index contributed by atoms with van der Waals surface area (Å²) in [5.74, 6) is -0.221. The first-order valence-corrected chi connectivity index (χ1v) is 15.8. The Morgan fingerprint density at radius 1 is 0.738 bits per heavy atom. The maximum atomic E-state index is 14.6. The van der Waals surface area contributed by atoms with Gasteiger partial charge in [0.15, 0.2) is 0 Å². The molecule has 0 heterocycles. The number of carbonyl (C=O) groups excluding carboxylic acids is 2. The fourth-order valence-electron chi connectivity index (χ4n) is 6.02. The van der Waals surface area contributed by atoms with Crippen LogP contribution < -0.4 is 5.32 Å². The maximum Gasteiger partial charge on any atom is 0.243 e. The Bertz CT molecular complexity index is 1380. The zero-order chi connectivity index (χ0) is 29.1. The van der Waals surface area contributed by atoms with E-state index in [-0.39, 0.29) is 30.2 Å². The van der Waals surface area contributed by atoms with E-state index in [1.807, 2.05) is 95.9 Å². The molecule has 0 bridgehead atoms. The SMILES string of the molecule is O=C(NC1CCCCC1)[C@@H](Cc1ccccc1)N(Cc1cccc(Br)c1)C(=O)CC(c1ccccc1)c1ccccc1. The molecule has 0 saturated heterocycles. The molecule has 42 heavy (non-hydrogen) atoms. The van der Waals surface area contributed by atoms with Gasteiger partial charge in [-0.05, 0) is 47.2 Å². The van der Waals surface area contributed by atoms with Crippen LogP contribution >= 0.6 is 15.9 Å². The molecule has 5 heteroatoms. The zero-order valence-electron chi connectivity index (χ0n) is 24.0. The standard InChI is InChI=1S/C37H39BrN2O2/c38-32-21-13-16-29(24-32)27-40(36(41)26-34(30-17-7-2-8-18-30)31-19-9-3-10-20-31)35(25-28-14-5-1-6-15-28)37(42)39-33-22-11-4-12-23-33/h1-3,5-10,13-21,24,33-35H,4,11-12,22-23,25-27H2,(H,39,42)/t35-/m1/s1. The highest BCUT2D eigenvalue weighted by Crippen LogP contribution is 2.30. The Morgan fingerprint density at radius 3 is 1.90 bits per heavy atom. The molecule has 1 fully saturated rings. The van der Waals surface area contributed by atoms with E-state index in [1.54, 1.807) is 0 Å². The highest BCUT2D eigenvalue weighted by Gasteiger charge is 2.33. The molecule has 1 aliphatic carbocycles. The Hall–Kier alpha value is -3.70. The molecule has 2 amide bonds. The number of hydrogen-bond donors (Lipinski definition) is 1. The molecule has 0 aromatic heterocycles. The van der Waals surface area contributed by atoms with Gasteiger partial charge < -0.3 is 10.2 Å². The quantitative estimate of drug-likeness (QED) is 0.184. The molecule has 0 radical (unpaired) electrons. The minimum absolute atomic E-state index is 0.0348. The van der Waals surface area contributed by atoms with Gasteiger partial charge in [-0.2, -0.15) is 0 Å². The van der Waals surface area contributed by atoms with E-state index in [0.29, 0.717) is 13.0 Å². The monoisotopic (exact) mass is 622 g/mol. The number of nitrogens with zero attached hydrogens (tertiary/aromatic N) is 1. The largest absolute Gasteiger partial charge is 0.352 e. The van der Waals surface area contributed by atoms with E-state index < -0.39 is 6.04 Å². The van der Waals surface area contributed by atoms with Gasteiger partial charge in [-0.1, -0.05) is 138 Å². The van der Waals surface area contributed by atoms with Crippen LogP contribution in [-0.2, 0) is 22.6 Å². The van der Waals surface area contributed by atoms with Gasteiger partial charge in [-0.3, -0.25) is 9.59 Å². The van der Waals surface area contributed by atoms with Crippen molar-refractivity contribution in [2.45, 2.75) is 69.5 Å². The molecule has 0 spiro atoms. The third-order valence-electron chi connectivity index (χ3n) is 8.25. The summed E-state index contributed by atoms with van der Waals surface area (Å²) >= 11 is 3.59. The lowest BCUT2D eigenvalue weighted by Gasteiger charge is -2.34. The molecule has 1 saturated carbocycles. The van der Waals surface area contributed by atoms with Gasteiger partial charge in [-0.25, -0.2) is 0 Å². The molecular weight excluding hydrogens is 584 g/mol. The van der Waals surface area contributed by atoms with Crippen LogP contribution in [0.5, 0.6) is 0 Å². The second-order valence-corrected chi connectivity index (χ2v) is 12.2. The van der Waals surface area contributed by atoms with Crippen molar-refractivity contribution in [2.75, 3.05) is 0 Å². The summed E-state index contributed by atoms with van der Waals surface area (Å²) in [7, 11) is 0. The smallest absolute Gasteiger partial charge is 0.243 e. The van der Waals surface area contributed by atoms with Crippen LogP contribution in [0.4, 0.5) is 0 Å². The summed E-state index contributed by atoms with van der Waals surface area (Å²) < 4.78 is 0.949. The second-order valence-electron chi connectivity index (χ2n) is 11.3. The summed E-state index contributed by atoms with van der Waals surface area (Å²) in [4.78, 5) is 30.5. The van der Waals surface area contributed by atoms with Gasteiger partial charge in [0, 0.05) is 35.8 Å². The van der Waals surface area contributed by atoms with Gasteiger partial charge in [0.1, 0.15) is 6.04 Å². The molecule has 4 nitrogen and oxygen atoms in total. The Balaban J connectivity index is 1.51. The van der Waals surface area contributed by atoms with E-state index in [1.165, 1.54) is 6.42 Å². The van der Waals surface area contributed by atoms with Crippen LogP contribution in [0.3, 0.4) is 0 Å². The fraction of sp³-hybridized carbons (Fsp3) is 0.297.